The monoisotopic (exact) mass is 413 g/mol. The maximum Gasteiger partial charge on any atom is 0.246 e. The molecule has 6 nitrogen and oxygen atoms in total. The predicted octanol–water partition coefficient (Wildman–Crippen LogP) is 2.72. The Labute approximate surface area is 172 Å². The zero-order valence-corrected chi connectivity index (χ0v) is 17.7. The first-order valence-electron chi connectivity index (χ1n) is 9.62. The molecule has 0 spiro atoms. The minimum Gasteiger partial charge on any atom is -0.337 e. The molecule has 1 amide bonds. The average Bonchev–Trinajstić information content (AvgIpc) is 2.68. The summed E-state index contributed by atoms with van der Waals surface area (Å²) in [5.74, 6) is -0.00104. The maximum atomic E-state index is 12.5. The molecular formula is C22H27N3O3S. The third-order valence-electron chi connectivity index (χ3n) is 4.97. The molecular weight excluding hydrogens is 386 g/mol. The van der Waals surface area contributed by atoms with Gasteiger partial charge < -0.3 is 4.90 Å². The van der Waals surface area contributed by atoms with Crippen molar-refractivity contribution in [3.8, 4) is 0 Å². The van der Waals surface area contributed by atoms with E-state index in [2.05, 4.69) is 40.8 Å². The first kappa shape index (κ1) is 21.1. The van der Waals surface area contributed by atoms with Crippen LogP contribution in [0.25, 0.3) is 6.08 Å². The number of carbonyl (C=O) groups is 1. The Morgan fingerprint density at radius 1 is 1.03 bits per heavy atom. The van der Waals surface area contributed by atoms with E-state index in [1.165, 1.54) is 11.1 Å². The number of anilines is 1. The fraction of sp³-hybridized carbons (Fsp3) is 0.318. The van der Waals surface area contributed by atoms with Gasteiger partial charge in [-0.05, 0) is 41.8 Å². The molecule has 1 saturated heterocycles. The molecule has 1 N–H and O–H groups in total. The molecule has 0 saturated carbocycles. The van der Waals surface area contributed by atoms with Crippen molar-refractivity contribution in [1.29, 1.82) is 0 Å². The van der Waals surface area contributed by atoms with Crippen molar-refractivity contribution in [1.82, 2.24) is 9.80 Å². The predicted molar refractivity (Wildman–Crippen MR) is 117 cm³/mol. The Balaban J connectivity index is 1.50. The summed E-state index contributed by atoms with van der Waals surface area (Å²) in [6.07, 6.45) is 4.45. The van der Waals surface area contributed by atoms with E-state index in [-0.39, 0.29) is 5.91 Å². The van der Waals surface area contributed by atoms with Crippen LogP contribution in [0.4, 0.5) is 5.69 Å². The molecule has 29 heavy (non-hydrogen) atoms. The molecule has 2 aromatic carbocycles. The third kappa shape index (κ3) is 6.44. The van der Waals surface area contributed by atoms with Gasteiger partial charge >= 0.3 is 0 Å². The fourth-order valence-electron chi connectivity index (χ4n) is 3.30. The van der Waals surface area contributed by atoms with Crippen molar-refractivity contribution in [2.45, 2.75) is 13.5 Å². The van der Waals surface area contributed by atoms with Gasteiger partial charge in [0.25, 0.3) is 0 Å². The maximum absolute atomic E-state index is 12.5. The highest BCUT2D eigenvalue weighted by atomic mass is 32.2. The van der Waals surface area contributed by atoms with Gasteiger partial charge in [0.05, 0.1) is 6.26 Å². The summed E-state index contributed by atoms with van der Waals surface area (Å²) in [6, 6.07) is 15.3. The van der Waals surface area contributed by atoms with Crippen LogP contribution in [0, 0.1) is 6.92 Å². The van der Waals surface area contributed by atoms with Crippen molar-refractivity contribution < 1.29 is 13.2 Å². The molecule has 1 aliphatic rings. The van der Waals surface area contributed by atoms with E-state index in [0.717, 1.165) is 31.5 Å². The van der Waals surface area contributed by atoms with E-state index in [0.29, 0.717) is 18.8 Å². The number of hydrogen-bond donors (Lipinski definition) is 1. The number of rotatable bonds is 6. The van der Waals surface area contributed by atoms with Gasteiger partial charge in [0.2, 0.25) is 15.9 Å². The second-order valence-electron chi connectivity index (χ2n) is 7.36. The van der Waals surface area contributed by atoms with Crippen LogP contribution >= 0.6 is 0 Å². The highest BCUT2D eigenvalue weighted by molar-refractivity contribution is 7.92. The van der Waals surface area contributed by atoms with Crippen molar-refractivity contribution in [2.75, 3.05) is 37.2 Å². The Hall–Kier alpha value is -2.64. The van der Waals surface area contributed by atoms with Crippen molar-refractivity contribution in [3.63, 3.8) is 0 Å². The van der Waals surface area contributed by atoms with Gasteiger partial charge in [0, 0.05) is 44.5 Å². The highest BCUT2D eigenvalue weighted by Crippen LogP contribution is 2.14. The lowest BCUT2D eigenvalue weighted by molar-refractivity contribution is -0.127. The molecule has 7 heteroatoms. The van der Waals surface area contributed by atoms with Gasteiger partial charge in [-0.2, -0.15) is 0 Å². The third-order valence-corrected chi connectivity index (χ3v) is 5.58. The smallest absolute Gasteiger partial charge is 0.246 e. The first-order valence-corrected chi connectivity index (χ1v) is 11.5. The lowest BCUT2D eigenvalue weighted by Gasteiger charge is -2.34. The van der Waals surface area contributed by atoms with Crippen LogP contribution in [0.15, 0.2) is 54.6 Å². The summed E-state index contributed by atoms with van der Waals surface area (Å²) in [7, 11) is -3.29. The lowest BCUT2D eigenvalue weighted by atomic mass is 10.1. The molecule has 3 rings (SSSR count). The van der Waals surface area contributed by atoms with Gasteiger partial charge in [-0.3, -0.25) is 14.4 Å². The molecule has 0 aromatic heterocycles. The van der Waals surface area contributed by atoms with Crippen LogP contribution in [0.5, 0.6) is 0 Å². The van der Waals surface area contributed by atoms with Gasteiger partial charge in [0.15, 0.2) is 0 Å². The van der Waals surface area contributed by atoms with E-state index < -0.39 is 10.0 Å². The highest BCUT2D eigenvalue weighted by Gasteiger charge is 2.19. The zero-order chi connectivity index (χ0) is 20.9. The number of nitrogens with zero attached hydrogens (tertiary/aromatic N) is 2. The Kier molecular flexibility index (Phi) is 6.71. The lowest BCUT2D eigenvalue weighted by Crippen LogP contribution is -2.47. The largest absolute Gasteiger partial charge is 0.337 e. The number of amides is 1. The van der Waals surface area contributed by atoms with Crippen LogP contribution in [0.2, 0.25) is 0 Å². The molecule has 154 valence electrons. The van der Waals surface area contributed by atoms with Gasteiger partial charge in [-0.1, -0.05) is 36.4 Å². The standard InChI is InChI=1S/C22H27N3O3S/c1-18-5-3-4-6-20(18)17-24-13-15-25(16-14-24)22(26)12-9-19-7-10-21(11-8-19)23-29(2,27)28/h3-12,23H,13-17H2,1-2H3/b12-9+. The van der Waals surface area contributed by atoms with Gasteiger partial charge in [0.1, 0.15) is 0 Å². The normalized spacial score (nSPS) is 15.6. The summed E-state index contributed by atoms with van der Waals surface area (Å²) < 4.78 is 24.9. The molecule has 1 fully saturated rings. The summed E-state index contributed by atoms with van der Waals surface area (Å²) in [4.78, 5) is 16.7. The number of sulfonamides is 1. The molecule has 0 bridgehead atoms. The Bertz CT molecular complexity index is 977. The second kappa shape index (κ2) is 9.24. The summed E-state index contributed by atoms with van der Waals surface area (Å²) in [5.41, 5.74) is 3.98. The van der Waals surface area contributed by atoms with Crippen molar-refractivity contribution in [2.24, 2.45) is 0 Å². The number of carbonyl (C=O) groups excluding carboxylic acids is 1. The SMILES string of the molecule is Cc1ccccc1CN1CCN(C(=O)/C=C/c2ccc(NS(C)(=O)=O)cc2)CC1. The summed E-state index contributed by atoms with van der Waals surface area (Å²) in [5, 5.41) is 0. The van der Waals surface area contributed by atoms with Crippen LogP contribution in [0.1, 0.15) is 16.7 Å². The zero-order valence-electron chi connectivity index (χ0n) is 16.8. The van der Waals surface area contributed by atoms with Gasteiger partial charge in [-0.25, -0.2) is 8.42 Å². The quantitative estimate of drug-likeness (QED) is 0.740. The molecule has 2 aromatic rings. The van der Waals surface area contributed by atoms with E-state index in [1.54, 1.807) is 36.4 Å². The van der Waals surface area contributed by atoms with E-state index in [1.807, 2.05) is 4.90 Å². The average molecular weight is 414 g/mol. The molecule has 0 unspecified atom stereocenters. The van der Waals surface area contributed by atoms with Crippen molar-refractivity contribution in [3.05, 3.63) is 71.3 Å². The van der Waals surface area contributed by atoms with Crippen molar-refractivity contribution >= 4 is 27.7 Å². The number of hydrogen-bond acceptors (Lipinski definition) is 4. The summed E-state index contributed by atoms with van der Waals surface area (Å²) in [6.45, 7) is 6.19. The van der Waals surface area contributed by atoms with Crippen LogP contribution in [-0.2, 0) is 21.4 Å². The molecule has 0 radical (unpaired) electrons. The van der Waals surface area contributed by atoms with Gasteiger partial charge in [-0.15, -0.1) is 0 Å². The first-order chi connectivity index (χ1) is 13.8. The van der Waals surface area contributed by atoms with Crippen LogP contribution in [0.3, 0.4) is 0 Å². The topological polar surface area (TPSA) is 69.7 Å². The van der Waals surface area contributed by atoms with E-state index in [4.69, 9.17) is 0 Å². The minimum absolute atomic E-state index is 0.00104. The molecule has 1 aliphatic heterocycles. The summed E-state index contributed by atoms with van der Waals surface area (Å²) >= 11 is 0. The second-order valence-corrected chi connectivity index (χ2v) is 9.11. The Morgan fingerprint density at radius 2 is 1.69 bits per heavy atom. The number of benzene rings is 2. The number of piperazine rings is 1. The van der Waals surface area contributed by atoms with E-state index in [9.17, 15) is 13.2 Å². The Morgan fingerprint density at radius 3 is 2.31 bits per heavy atom. The van der Waals surface area contributed by atoms with Crippen LogP contribution in [-0.4, -0.2) is 56.6 Å². The van der Waals surface area contributed by atoms with E-state index >= 15 is 0 Å². The van der Waals surface area contributed by atoms with Crippen LogP contribution < -0.4 is 4.72 Å². The minimum atomic E-state index is -3.29. The molecule has 1 heterocycles. The molecule has 0 aliphatic carbocycles. The molecule has 0 atom stereocenters. The fourth-order valence-corrected chi connectivity index (χ4v) is 3.87. The number of nitrogens with one attached hydrogen (secondary N) is 1. The number of aryl methyl sites for hydroxylation is 1.